The second kappa shape index (κ2) is 13.3. The highest BCUT2D eigenvalue weighted by Crippen LogP contribution is 2.32. The van der Waals surface area contributed by atoms with Crippen LogP contribution in [0, 0.1) is 0 Å². The number of carbonyl (C=O) groups is 1. The number of amides is 1. The van der Waals surface area contributed by atoms with Crippen molar-refractivity contribution in [3.63, 3.8) is 0 Å². The van der Waals surface area contributed by atoms with Crippen LogP contribution in [0.25, 0.3) is 0 Å². The first-order valence-corrected chi connectivity index (χ1v) is 14.9. The third-order valence-electron chi connectivity index (χ3n) is 7.54. The summed E-state index contributed by atoms with van der Waals surface area (Å²) < 4.78 is 44.9. The lowest BCUT2D eigenvalue weighted by atomic mass is 10.1. The number of carbonyl (C=O) groups excluding carboxylic acids is 1. The first-order valence-electron chi connectivity index (χ1n) is 13.9. The van der Waals surface area contributed by atoms with Gasteiger partial charge in [0.1, 0.15) is 5.82 Å². The van der Waals surface area contributed by atoms with Crippen LogP contribution < -0.4 is 9.80 Å². The van der Waals surface area contributed by atoms with Crippen LogP contribution in [-0.2, 0) is 23.3 Å². The Morgan fingerprint density at radius 1 is 0.905 bits per heavy atom. The number of likely N-dealkylation sites (N-methyl/N-ethyl adjacent to an activating group) is 1. The molecule has 2 fully saturated rings. The van der Waals surface area contributed by atoms with Crippen LogP contribution in [0.1, 0.15) is 27.2 Å². The van der Waals surface area contributed by atoms with Gasteiger partial charge in [0.25, 0.3) is 5.91 Å². The van der Waals surface area contributed by atoms with Crippen molar-refractivity contribution in [1.82, 2.24) is 19.8 Å². The molecule has 0 atom stereocenters. The van der Waals surface area contributed by atoms with Crippen LogP contribution in [0.2, 0.25) is 0 Å². The Balaban J connectivity index is 1.21. The number of aromatic nitrogens is 2. The van der Waals surface area contributed by atoms with E-state index in [4.69, 9.17) is 9.72 Å². The van der Waals surface area contributed by atoms with E-state index >= 15 is 0 Å². The number of hydrogen-bond acceptors (Lipinski definition) is 8. The van der Waals surface area contributed by atoms with Crippen molar-refractivity contribution < 1.29 is 22.7 Å². The summed E-state index contributed by atoms with van der Waals surface area (Å²) in [5.41, 5.74) is 2.45. The largest absolute Gasteiger partial charge is 0.416 e. The Labute approximate surface area is 248 Å². The average molecular weight is 601 g/mol. The van der Waals surface area contributed by atoms with Gasteiger partial charge in [-0.25, -0.2) is 9.97 Å². The molecule has 0 spiro atoms. The Hall–Kier alpha value is -3.35. The quantitative estimate of drug-likeness (QED) is 0.274. The number of hydrogen-bond donors (Lipinski definition) is 0. The zero-order valence-corrected chi connectivity index (χ0v) is 24.6. The first kappa shape index (κ1) is 30.1. The number of alkyl halides is 3. The molecule has 0 N–H and O–H groups in total. The first-order chi connectivity index (χ1) is 20.2. The Morgan fingerprint density at radius 2 is 1.60 bits per heavy atom. The monoisotopic (exact) mass is 600 g/mol. The van der Waals surface area contributed by atoms with Crippen molar-refractivity contribution in [3.05, 3.63) is 77.0 Å². The van der Waals surface area contributed by atoms with Crippen molar-refractivity contribution in [2.45, 2.75) is 23.7 Å². The number of anilines is 2. The molecule has 3 heterocycles. The van der Waals surface area contributed by atoms with Crippen LogP contribution in [0.15, 0.2) is 59.8 Å². The van der Waals surface area contributed by atoms with E-state index in [0.717, 1.165) is 49.3 Å². The number of nitrogens with zero attached hydrogens (tertiary/aromatic N) is 6. The minimum Gasteiger partial charge on any atom is -0.378 e. The molecule has 1 amide bonds. The molecule has 224 valence electrons. The number of thioether (sulfide) groups is 1. The Kier molecular flexibility index (Phi) is 9.54. The average Bonchev–Trinajstić information content (AvgIpc) is 3.00. The van der Waals surface area contributed by atoms with Crippen molar-refractivity contribution >= 4 is 29.2 Å². The van der Waals surface area contributed by atoms with Gasteiger partial charge in [-0.15, -0.1) is 0 Å². The molecule has 2 aromatic carbocycles. The normalized spacial score (nSPS) is 16.6. The molecule has 1 aromatic heterocycles. The summed E-state index contributed by atoms with van der Waals surface area (Å²) >= 11 is 1.51. The minimum absolute atomic E-state index is 0.0655. The van der Waals surface area contributed by atoms with E-state index in [1.165, 1.54) is 23.9 Å². The fraction of sp³-hybridized carbons (Fsp3) is 0.433. The van der Waals surface area contributed by atoms with Crippen molar-refractivity contribution in [1.29, 1.82) is 0 Å². The molecule has 2 aliphatic heterocycles. The molecule has 42 heavy (non-hydrogen) atoms. The van der Waals surface area contributed by atoms with Gasteiger partial charge < -0.3 is 24.3 Å². The predicted molar refractivity (Wildman–Crippen MR) is 158 cm³/mol. The molecule has 8 nitrogen and oxygen atoms in total. The zero-order chi connectivity index (χ0) is 29.7. The van der Waals surface area contributed by atoms with Crippen molar-refractivity contribution in [3.8, 4) is 0 Å². The van der Waals surface area contributed by atoms with Crippen LogP contribution in [0.3, 0.4) is 0 Å². The maximum Gasteiger partial charge on any atom is 0.416 e. The third kappa shape index (κ3) is 7.53. The second-order valence-corrected chi connectivity index (χ2v) is 11.5. The van der Waals surface area contributed by atoms with Crippen molar-refractivity contribution in [2.24, 2.45) is 0 Å². The van der Waals surface area contributed by atoms with Crippen LogP contribution >= 0.6 is 11.8 Å². The molecule has 0 unspecified atom stereocenters. The summed E-state index contributed by atoms with van der Waals surface area (Å²) in [6, 6.07) is 15.1. The van der Waals surface area contributed by atoms with Crippen LogP contribution in [0.4, 0.5) is 24.7 Å². The van der Waals surface area contributed by atoms with Gasteiger partial charge in [-0.2, -0.15) is 13.2 Å². The number of ether oxygens (including phenoxy) is 1. The van der Waals surface area contributed by atoms with E-state index in [2.05, 4.69) is 21.8 Å². The van der Waals surface area contributed by atoms with Gasteiger partial charge in [0.15, 0.2) is 5.16 Å². The van der Waals surface area contributed by atoms with Gasteiger partial charge in [0, 0.05) is 82.5 Å². The summed E-state index contributed by atoms with van der Waals surface area (Å²) in [6.07, 6.45) is -4.37. The molecule has 0 aliphatic carbocycles. The van der Waals surface area contributed by atoms with E-state index < -0.39 is 11.7 Å². The lowest BCUT2D eigenvalue weighted by Gasteiger charge is -2.37. The number of halogens is 3. The predicted octanol–water partition coefficient (Wildman–Crippen LogP) is 4.65. The maximum absolute atomic E-state index is 13.2. The number of rotatable bonds is 8. The van der Waals surface area contributed by atoms with Crippen LogP contribution in [0.5, 0.6) is 0 Å². The molecular weight excluding hydrogens is 565 g/mol. The van der Waals surface area contributed by atoms with Gasteiger partial charge in [0.05, 0.1) is 17.9 Å². The molecule has 2 saturated heterocycles. The van der Waals surface area contributed by atoms with Gasteiger partial charge in [-0.3, -0.25) is 4.79 Å². The summed E-state index contributed by atoms with van der Waals surface area (Å²) in [5, 5.41) is 0.623. The zero-order valence-electron chi connectivity index (χ0n) is 23.8. The molecule has 12 heteroatoms. The van der Waals surface area contributed by atoms with E-state index in [0.29, 0.717) is 54.9 Å². The third-order valence-corrected chi connectivity index (χ3v) is 8.46. The maximum atomic E-state index is 13.2. The lowest BCUT2D eigenvalue weighted by molar-refractivity contribution is -0.137. The van der Waals surface area contributed by atoms with Gasteiger partial charge in [-0.1, -0.05) is 30.0 Å². The van der Waals surface area contributed by atoms with Crippen molar-refractivity contribution in [2.75, 3.05) is 76.3 Å². The van der Waals surface area contributed by atoms with Gasteiger partial charge in [-0.05, 0) is 42.9 Å². The highest BCUT2D eigenvalue weighted by molar-refractivity contribution is 7.98. The van der Waals surface area contributed by atoms with Gasteiger partial charge in [0.2, 0.25) is 0 Å². The summed E-state index contributed by atoms with van der Waals surface area (Å²) in [4.78, 5) is 30.5. The van der Waals surface area contributed by atoms with Gasteiger partial charge >= 0.3 is 6.18 Å². The fourth-order valence-corrected chi connectivity index (χ4v) is 5.89. The van der Waals surface area contributed by atoms with Crippen LogP contribution in [-0.4, -0.2) is 92.2 Å². The highest BCUT2D eigenvalue weighted by atomic mass is 32.2. The summed E-state index contributed by atoms with van der Waals surface area (Å²) in [5.74, 6) is 1.48. The smallest absolute Gasteiger partial charge is 0.378 e. The highest BCUT2D eigenvalue weighted by Gasteiger charge is 2.31. The van der Waals surface area contributed by atoms with E-state index in [1.54, 1.807) is 13.2 Å². The van der Waals surface area contributed by atoms with E-state index in [-0.39, 0.29) is 5.91 Å². The minimum atomic E-state index is -4.37. The Bertz CT molecular complexity index is 1360. The molecule has 5 rings (SSSR count). The molecule has 0 radical (unpaired) electrons. The SMILES string of the molecule is COCc1cc(N2CCN(c3cccc(C(F)(F)F)c3)CC2)nc(SCc2ccc(C(=O)N3CCN(C)CC3)cc2)n1. The second-order valence-electron chi connectivity index (χ2n) is 10.5. The fourth-order valence-electron chi connectivity index (χ4n) is 5.06. The summed E-state index contributed by atoms with van der Waals surface area (Å²) in [6.45, 7) is 5.98. The molecule has 3 aromatic rings. The number of methoxy groups -OCH3 is 1. The molecule has 2 aliphatic rings. The number of piperazine rings is 2. The lowest BCUT2D eigenvalue weighted by Crippen LogP contribution is -2.47. The standard InChI is InChI=1S/C30H35F3N6O2S/c1-36-10-12-39(13-11-36)28(40)23-8-6-22(7-9-23)21-42-29-34-25(20-41-2)19-27(35-29)38-16-14-37(15-17-38)26-5-3-4-24(18-26)30(31,32)33/h3-9,18-19H,10-17,20-21H2,1-2H3. The molecule has 0 saturated carbocycles. The van der Waals surface area contributed by atoms with E-state index in [9.17, 15) is 18.0 Å². The topological polar surface area (TPSA) is 65.0 Å². The summed E-state index contributed by atoms with van der Waals surface area (Å²) in [7, 11) is 3.68. The Morgan fingerprint density at radius 3 is 2.26 bits per heavy atom. The molecular formula is C30H35F3N6O2S. The number of benzene rings is 2. The molecule has 0 bridgehead atoms. The van der Waals surface area contributed by atoms with E-state index in [1.807, 2.05) is 40.1 Å².